The van der Waals surface area contributed by atoms with Gasteiger partial charge in [0.25, 0.3) is 0 Å². The third kappa shape index (κ3) is 3.94. The molecule has 0 rings (SSSR count). The zero-order valence-corrected chi connectivity index (χ0v) is 6.29. The number of hydroxylamine groups is 2. The molecule has 10 heavy (non-hydrogen) atoms. The van der Waals surface area contributed by atoms with E-state index in [1.54, 1.807) is 6.92 Å². The van der Waals surface area contributed by atoms with Crippen molar-refractivity contribution >= 4 is 0 Å². The minimum Gasteiger partial charge on any atom is -0.259 e. The van der Waals surface area contributed by atoms with Crippen molar-refractivity contribution in [3.8, 4) is 0 Å². The Morgan fingerprint density at radius 3 is 2.60 bits per heavy atom. The van der Waals surface area contributed by atoms with E-state index in [4.69, 9.17) is 10.0 Å². The molecule has 58 valence electrons. The summed E-state index contributed by atoms with van der Waals surface area (Å²) in [5, 5.41) is 9.16. The molecule has 0 fully saturated rings. The van der Waals surface area contributed by atoms with Crippen LogP contribution in [0, 0.1) is 0 Å². The summed E-state index contributed by atoms with van der Waals surface area (Å²) in [4.78, 5) is 4.00. The monoisotopic (exact) mass is 145 g/mol. The van der Waals surface area contributed by atoms with Gasteiger partial charge in [0.1, 0.15) is 0 Å². The molecule has 4 heteroatoms. The highest BCUT2D eigenvalue weighted by molar-refractivity contribution is 4.70. The maximum atomic E-state index is 9.16. The molecule has 0 radical (unpaired) electrons. The number of nitrogens with one attached hydrogen (secondary N) is 1. The highest BCUT2D eigenvalue weighted by Crippen LogP contribution is 1.99. The van der Waals surface area contributed by atoms with Gasteiger partial charge in [0, 0.05) is 6.20 Å². The van der Waals surface area contributed by atoms with Crippen LogP contribution in [0.2, 0.25) is 0 Å². The quantitative estimate of drug-likeness (QED) is 0.351. The highest BCUT2D eigenvalue weighted by Gasteiger charge is 2.17. The molecule has 0 aromatic heterocycles. The number of nitrogens with zero attached hydrogens (tertiary/aromatic N) is 1. The van der Waals surface area contributed by atoms with E-state index in [-0.39, 0.29) is 0 Å². The minimum atomic E-state index is -0.793. The van der Waals surface area contributed by atoms with Crippen molar-refractivity contribution in [3.63, 3.8) is 0 Å². The van der Waals surface area contributed by atoms with Crippen molar-refractivity contribution in [1.82, 2.24) is 5.43 Å². The number of allylic oxidation sites excluding steroid dienone is 1. The second kappa shape index (κ2) is 3.24. The highest BCUT2D eigenvalue weighted by atomic mass is 17.0. The van der Waals surface area contributed by atoms with Crippen molar-refractivity contribution in [3.05, 3.63) is 25.1 Å². The van der Waals surface area contributed by atoms with Crippen molar-refractivity contribution in [2.45, 2.75) is 6.92 Å². The molecule has 0 amide bonds. The van der Waals surface area contributed by atoms with Gasteiger partial charge in [-0.1, -0.05) is 13.2 Å². The predicted molar refractivity (Wildman–Crippen MR) is 37.2 cm³/mol. The standard InChI is InChI=1S/C6H13N2O2/c1-5-7-8(4,9)10-6(2)3/h5,7,9H,1-2H2,3-4H3/q+1. The van der Waals surface area contributed by atoms with Gasteiger partial charge in [0.15, 0.2) is 12.8 Å². The molecular formula is C6H13N2O2+. The third-order valence-corrected chi connectivity index (χ3v) is 0.664. The molecule has 0 heterocycles. The van der Waals surface area contributed by atoms with Crippen LogP contribution in [-0.2, 0) is 4.84 Å². The fourth-order valence-electron chi connectivity index (χ4n) is 0.499. The molecule has 1 unspecified atom stereocenters. The lowest BCUT2D eigenvalue weighted by atomic mass is 10.7. The lowest BCUT2D eigenvalue weighted by molar-refractivity contribution is -1.25. The zero-order chi connectivity index (χ0) is 8.20. The normalized spacial score (nSPS) is 15.1. The van der Waals surface area contributed by atoms with E-state index in [2.05, 4.69) is 18.6 Å². The smallest absolute Gasteiger partial charge is 0.169 e. The second-order valence-corrected chi connectivity index (χ2v) is 2.01. The van der Waals surface area contributed by atoms with E-state index < -0.39 is 4.92 Å². The summed E-state index contributed by atoms with van der Waals surface area (Å²) >= 11 is 0. The van der Waals surface area contributed by atoms with Crippen LogP contribution in [-0.4, -0.2) is 17.2 Å². The van der Waals surface area contributed by atoms with E-state index in [9.17, 15) is 0 Å². The summed E-state index contributed by atoms with van der Waals surface area (Å²) in [6, 6.07) is 0. The second-order valence-electron chi connectivity index (χ2n) is 2.01. The molecule has 0 bridgehead atoms. The Morgan fingerprint density at radius 2 is 2.30 bits per heavy atom. The summed E-state index contributed by atoms with van der Waals surface area (Å²) in [5.74, 6) is 0.416. The van der Waals surface area contributed by atoms with Gasteiger partial charge in [-0.3, -0.25) is 4.84 Å². The van der Waals surface area contributed by atoms with E-state index in [1.165, 1.54) is 13.2 Å². The summed E-state index contributed by atoms with van der Waals surface area (Å²) in [6.45, 7) is 8.44. The topological polar surface area (TPSA) is 41.5 Å². The van der Waals surface area contributed by atoms with Crippen LogP contribution >= 0.6 is 0 Å². The Labute approximate surface area is 60.5 Å². The molecule has 0 aliphatic heterocycles. The molecule has 0 aliphatic rings. The van der Waals surface area contributed by atoms with Crippen LogP contribution in [0.15, 0.2) is 25.1 Å². The van der Waals surface area contributed by atoms with Crippen LogP contribution in [0.5, 0.6) is 0 Å². The molecule has 1 atom stereocenters. The summed E-state index contributed by atoms with van der Waals surface area (Å²) in [6.07, 6.45) is 1.32. The van der Waals surface area contributed by atoms with Gasteiger partial charge in [0.2, 0.25) is 0 Å². The van der Waals surface area contributed by atoms with E-state index in [1.807, 2.05) is 0 Å². The van der Waals surface area contributed by atoms with E-state index in [0.29, 0.717) is 5.76 Å². The number of quaternary nitrogens is 1. The van der Waals surface area contributed by atoms with Crippen LogP contribution in [0.25, 0.3) is 0 Å². The average molecular weight is 145 g/mol. The molecule has 0 aromatic carbocycles. The largest absolute Gasteiger partial charge is 0.259 e. The molecule has 0 aromatic rings. The maximum Gasteiger partial charge on any atom is 0.169 e. The first kappa shape index (κ1) is 9.00. The Balaban J connectivity index is 3.85. The molecule has 2 N–H and O–H groups in total. The molecule has 0 aliphatic carbocycles. The van der Waals surface area contributed by atoms with Gasteiger partial charge in [0.05, 0.1) is 4.92 Å². The SMILES string of the molecule is C=CN[N+](C)(O)OC(=C)C. The Bertz CT molecular complexity index is 143. The fraction of sp³-hybridized carbons (Fsp3) is 0.333. The van der Waals surface area contributed by atoms with E-state index in [0.717, 1.165) is 0 Å². The molecular weight excluding hydrogens is 132 g/mol. The summed E-state index contributed by atoms with van der Waals surface area (Å²) < 4.78 is 0. The number of hydrogen-bond donors (Lipinski definition) is 2. The predicted octanol–water partition coefficient (Wildman–Crippen LogP) is 0.935. The van der Waals surface area contributed by atoms with Gasteiger partial charge < -0.3 is 0 Å². The summed E-state index contributed by atoms with van der Waals surface area (Å²) in [7, 11) is 1.40. The fourth-order valence-corrected chi connectivity index (χ4v) is 0.499. The maximum absolute atomic E-state index is 9.16. The number of hydrogen-bond acceptors (Lipinski definition) is 3. The Morgan fingerprint density at radius 1 is 1.80 bits per heavy atom. The van der Waals surface area contributed by atoms with E-state index >= 15 is 0 Å². The van der Waals surface area contributed by atoms with Crippen LogP contribution in [0.1, 0.15) is 6.92 Å². The minimum absolute atomic E-state index is 0.416. The van der Waals surface area contributed by atoms with Crippen LogP contribution < -0.4 is 5.43 Å². The molecule has 0 saturated heterocycles. The third-order valence-electron chi connectivity index (χ3n) is 0.664. The van der Waals surface area contributed by atoms with Crippen molar-refractivity contribution in [1.29, 1.82) is 0 Å². The van der Waals surface area contributed by atoms with Gasteiger partial charge in [-0.25, -0.2) is 0 Å². The lowest BCUT2D eigenvalue weighted by Gasteiger charge is -2.21. The average Bonchev–Trinajstić information content (AvgIpc) is 1.59. The van der Waals surface area contributed by atoms with Crippen LogP contribution in [0.3, 0.4) is 0 Å². The van der Waals surface area contributed by atoms with Crippen molar-refractivity contribution in [2.75, 3.05) is 7.05 Å². The zero-order valence-electron chi connectivity index (χ0n) is 6.29. The van der Waals surface area contributed by atoms with Crippen molar-refractivity contribution < 1.29 is 15.0 Å². The Kier molecular flexibility index (Phi) is 2.92. The number of rotatable bonds is 4. The van der Waals surface area contributed by atoms with Crippen molar-refractivity contribution in [2.24, 2.45) is 0 Å². The first-order valence-electron chi connectivity index (χ1n) is 2.81. The Hall–Kier alpha value is -1.00. The van der Waals surface area contributed by atoms with Crippen LogP contribution in [0.4, 0.5) is 0 Å². The molecule has 0 saturated carbocycles. The van der Waals surface area contributed by atoms with Gasteiger partial charge in [-0.2, -0.15) is 5.43 Å². The molecule has 0 spiro atoms. The molecule has 4 nitrogen and oxygen atoms in total. The lowest BCUT2D eigenvalue weighted by Crippen LogP contribution is -2.48. The van der Waals surface area contributed by atoms with Gasteiger partial charge in [-0.05, 0) is 6.92 Å². The first-order chi connectivity index (χ1) is 4.48. The van der Waals surface area contributed by atoms with Gasteiger partial charge >= 0.3 is 0 Å². The summed E-state index contributed by atoms with van der Waals surface area (Å²) in [5.41, 5.74) is 2.43. The van der Waals surface area contributed by atoms with Gasteiger partial charge in [-0.15, -0.1) is 5.21 Å². The first-order valence-corrected chi connectivity index (χ1v) is 2.81.